The van der Waals surface area contributed by atoms with Gasteiger partial charge in [0.25, 0.3) is 11.5 Å². The highest BCUT2D eigenvalue weighted by atomic mass is 19.1. The van der Waals surface area contributed by atoms with Gasteiger partial charge in [0.05, 0.1) is 5.69 Å². The predicted molar refractivity (Wildman–Crippen MR) is 83.1 cm³/mol. The van der Waals surface area contributed by atoms with Crippen LogP contribution in [0.2, 0.25) is 0 Å². The molecule has 1 aromatic carbocycles. The predicted octanol–water partition coefficient (Wildman–Crippen LogP) is 0.853. The highest BCUT2D eigenvalue weighted by molar-refractivity contribution is 5.92. The molecule has 2 heterocycles. The Morgan fingerprint density at radius 2 is 2.04 bits per heavy atom. The molecule has 0 radical (unpaired) electrons. The van der Waals surface area contributed by atoms with Crippen LogP contribution in [-0.2, 0) is 0 Å². The summed E-state index contributed by atoms with van der Waals surface area (Å²) >= 11 is 0. The van der Waals surface area contributed by atoms with E-state index in [1.807, 2.05) is 0 Å². The van der Waals surface area contributed by atoms with E-state index in [-0.39, 0.29) is 23.2 Å². The molecule has 1 aliphatic rings. The Labute approximate surface area is 132 Å². The van der Waals surface area contributed by atoms with Crippen molar-refractivity contribution in [1.29, 1.82) is 0 Å². The molecule has 0 unspecified atom stereocenters. The zero-order valence-corrected chi connectivity index (χ0v) is 12.5. The number of amides is 1. The summed E-state index contributed by atoms with van der Waals surface area (Å²) in [6.45, 7) is 1.68. The van der Waals surface area contributed by atoms with E-state index in [4.69, 9.17) is 0 Å². The van der Waals surface area contributed by atoms with Crippen molar-refractivity contribution in [3.63, 3.8) is 0 Å². The molecule has 0 aliphatic carbocycles. The van der Waals surface area contributed by atoms with Crippen molar-refractivity contribution in [2.45, 2.75) is 18.9 Å². The van der Waals surface area contributed by atoms with Crippen LogP contribution >= 0.6 is 0 Å². The number of rotatable bonds is 3. The fourth-order valence-corrected chi connectivity index (χ4v) is 2.53. The van der Waals surface area contributed by atoms with E-state index < -0.39 is 5.82 Å². The highest BCUT2D eigenvalue weighted by Gasteiger charge is 2.18. The monoisotopic (exact) mass is 316 g/mol. The number of carbonyl (C=O) groups is 1. The lowest BCUT2D eigenvalue weighted by molar-refractivity contribution is 0.0924. The highest BCUT2D eigenvalue weighted by Crippen LogP contribution is 2.07. The molecular weight excluding hydrogens is 299 g/mol. The van der Waals surface area contributed by atoms with Crippen molar-refractivity contribution in [2.24, 2.45) is 0 Å². The summed E-state index contributed by atoms with van der Waals surface area (Å²) < 4.78 is 14.1. The quantitative estimate of drug-likeness (QED) is 0.880. The molecule has 6 nitrogen and oxygen atoms in total. The van der Waals surface area contributed by atoms with Gasteiger partial charge in [-0.05, 0) is 49.7 Å². The van der Waals surface area contributed by atoms with Crippen molar-refractivity contribution >= 4 is 5.91 Å². The lowest BCUT2D eigenvalue weighted by Gasteiger charge is -2.23. The number of nitrogens with one attached hydrogen (secondary N) is 2. The normalized spacial score (nSPS) is 17.7. The minimum Gasteiger partial charge on any atom is -0.347 e. The van der Waals surface area contributed by atoms with E-state index in [1.54, 1.807) is 0 Å². The number of halogens is 1. The number of hydrogen-bond donors (Lipinski definition) is 2. The molecule has 1 amide bonds. The third-order valence-corrected chi connectivity index (χ3v) is 3.74. The molecule has 7 heteroatoms. The lowest BCUT2D eigenvalue weighted by Crippen LogP contribution is -2.46. The van der Waals surface area contributed by atoms with E-state index in [1.165, 1.54) is 36.4 Å². The maximum Gasteiger partial charge on any atom is 0.272 e. The minimum atomic E-state index is -0.402. The van der Waals surface area contributed by atoms with Gasteiger partial charge in [0.15, 0.2) is 0 Å². The van der Waals surface area contributed by atoms with Crippen LogP contribution in [0.4, 0.5) is 4.39 Å². The van der Waals surface area contributed by atoms with Crippen LogP contribution in [0.15, 0.2) is 41.2 Å². The number of benzene rings is 1. The summed E-state index contributed by atoms with van der Waals surface area (Å²) in [6.07, 6.45) is 1.92. The van der Waals surface area contributed by atoms with E-state index in [0.29, 0.717) is 5.69 Å². The fourth-order valence-electron chi connectivity index (χ4n) is 2.53. The van der Waals surface area contributed by atoms with Gasteiger partial charge in [-0.1, -0.05) is 0 Å². The van der Waals surface area contributed by atoms with E-state index in [0.717, 1.165) is 30.6 Å². The second-order valence-electron chi connectivity index (χ2n) is 5.46. The average molecular weight is 316 g/mol. The van der Waals surface area contributed by atoms with Crippen LogP contribution in [-0.4, -0.2) is 34.8 Å². The van der Waals surface area contributed by atoms with Gasteiger partial charge in [0, 0.05) is 18.7 Å². The Morgan fingerprint density at radius 3 is 2.74 bits per heavy atom. The van der Waals surface area contributed by atoms with Crippen LogP contribution in [0.1, 0.15) is 23.3 Å². The summed E-state index contributed by atoms with van der Waals surface area (Å²) in [7, 11) is 0. The topological polar surface area (TPSA) is 76.0 Å². The zero-order chi connectivity index (χ0) is 16.2. The molecule has 0 spiro atoms. The SMILES string of the molecule is O=C(N[C@H]1CCCNC1)c1ccc(=O)n(-c2ccc(F)cc2)n1. The largest absolute Gasteiger partial charge is 0.347 e. The molecule has 120 valence electrons. The maximum absolute atomic E-state index is 13.0. The molecule has 2 aromatic rings. The number of carbonyl (C=O) groups excluding carboxylic acids is 1. The molecule has 1 aromatic heterocycles. The molecular formula is C16H17FN4O2. The summed E-state index contributed by atoms with van der Waals surface area (Å²) in [5.41, 5.74) is 0.178. The van der Waals surface area contributed by atoms with E-state index >= 15 is 0 Å². The first-order valence-electron chi connectivity index (χ1n) is 7.51. The average Bonchev–Trinajstić information content (AvgIpc) is 2.57. The van der Waals surface area contributed by atoms with Gasteiger partial charge in [-0.3, -0.25) is 9.59 Å². The third kappa shape index (κ3) is 3.62. The van der Waals surface area contributed by atoms with Crippen molar-refractivity contribution in [3.8, 4) is 5.69 Å². The first kappa shape index (κ1) is 15.4. The Kier molecular flexibility index (Phi) is 4.47. The van der Waals surface area contributed by atoms with Crippen LogP contribution in [0.5, 0.6) is 0 Å². The Bertz CT molecular complexity index is 751. The van der Waals surface area contributed by atoms with Crippen LogP contribution < -0.4 is 16.2 Å². The molecule has 1 saturated heterocycles. The van der Waals surface area contributed by atoms with E-state index in [2.05, 4.69) is 15.7 Å². The van der Waals surface area contributed by atoms with Gasteiger partial charge < -0.3 is 10.6 Å². The van der Waals surface area contributed by atoms with Gasteiger partial charge in [0.2, 0.25) is 0 Å². The summed E-state index contributed by atoms with van der Waals surface area (Å²) in [4.78, 5) is 24.2. The van der Waals surface area contributed by atoms with Crippen LogP contribution in [0, 0.1) is 5.82 Å². The van der Waals surface area contributed by atoms with Crippen molar-refractivity contribution in [3.05, 3.63) is 58.3 Å². The Hall–Kier alpha value is -2.54. The second kappa shape index (κ2) is 6.70. The standard InChI is InChI=1S/C16H17FN4O2/c17-11-3-5-13(6-4-11)21-15(22)8-7-14(20-21)16(23)19-12-2-1-9-18-10-12/h3-8,12,18H,1-2,9-10H2,(H,19,23)/t12-/m0/s1. The van der Waals surface area contributed by atoms with Crippen molar-refractivity contribution < 1.29 is 9.18 Å². The Balaban J connectivity index is 1.83. The number of hydrogen-bond acceptors (Lipinski definition) is 4. The van der Waals surface area contributed by atoms with Crippen LogP contribution in [0.25, 0.3) is 5.69 Å². The summed E-state index contributed by atoms with van der Waals surface area (Å²) in [6, 6.07) is 8.10. The third-order valence-electron chi connectivity index (χ3n) is 3.74. The fraction of sp³-hybridized carbons (Fsp3) is 0.312. The second-order valence-corrected chi connectivity index (χ2v) is 5.46. The summed E-state index contributed by atoms with van der Waals surface area (Å²) in [5.74, 6) is -0.727. The zero-order valence-electron chi connectivity index (χ0n) is 12.5. The molecule has 1 aliphatic heterocycles. The number of piperidine rings is 1. The molecule has 1 atom stereocenters. The van der Waals surface area contributed by atoms with Crippen LogP contribution in [0.3, 0.4) is 0 Å². The molecule has 1 fully saturated rings. The van der Waals surface area contributed by atoms with Gasteiger partial charge in [-0.2, -0.15) is 9.78 Å². The maximum atomic E-state index is 13.0. The Morgan fingerprint density at radius 1 is 1.26 bits per heavy atom. The molecule has 0 saturated carbocycles. The smallest absolute Gasteiger partial charge is 0.272 e. The van der Waals surface area contributed by atoms with Crippen molar-refractivity contribution in [1.82, 2.24) is 20.4 Å². The first-order chi connectivity index (χ1) is 11.1. The molecule has 23 heavy (non-hydrogen) atoms. The number of nitrogens with zero attached hydrogens (tertiary/aromatic N) is 2. The minimum absolute atomic E-state index is 0.0595. The van der Waals surface area contributed by atoms with Gasteiger partial charge in [-0.15, -0.1) is 0 Å². The van der Waals surface area contributed by atoms with Crippen molar-refractivity contribution in [2.75, 3.05) is 13.1 Å². The lowest BCUT2D eigenvalue weighted by atomic mass is 10.1. The van der Waals surface area contributed by atoms with Gasteiger partial charge >= 0.3 is 0 Å². The van der Waals surface area contributed by atoms with Gasteiger partial charge in [-0.25, -0.2) is 4.39 Å². The molecule has 3 rings (SSSR count). The van der Waals surface area contributed by atoms with Gasteiger partial charge in [0.1, 0.15) is 11.5 Å². The molecule has 0 bridgehead atoms. The first-order valence-corrected chi connectivity index (χ1v) is 7.51. The number of aromatic nitrogens is 2. The molecule has 2 N–H and O–H groups in total. The van der Waals surface area contributed by atoms with E-state index in [9.17, 15) is 14.0 Å². The summed E-state index contributed by atoms with van der Waals surface area (Å²) in [5, 5.41) is 10.2.